The van der Waals surface area contributed by atoms with Crippen molar-refractivity contribution in [3.8, 4) is 0 Å². The van der Waals surface area contributed by atoms with Crippen molar-refractivity contribution in [2.75, 3.05) is 102 Å². The molecule has 114 heavy (non-hydrogen) atoms. The van der Waals surface area contributed by atoms with E-state index in [2.05, 4.69) is 148 Å². The lowest BCUT2D eigenvalue weighted by Gasteiger charge is -2.31. The maximum absolute atomic E-state index is 13.7. The minimum atomic E-state index is -1.43. The third-order valence-corrected chi connectivity index (χ3v) is 18.4. The number of imidazole rings is 3. The molecule has 3 aromatic rings. The summed E-state index contributed by atoms with van der Waals surface area (Å²) in [5.74, 6) is -14.4. The van der Waals surface area contributed by atoms with Crippen LogP contribution in [0, 0.1) is 0 Å². The van der Waals surface area contributed by atoms with Crippen LogP contribution < -0.4 is 97.4 Å². The second-order valence-electron chi connectivity index (χ2n) is 26.0. The van der Waals surface area contributed by atoms with E-state index in [0.29, 0.717) is 74.5 Å². The Balaban J connectivity index is 1.73. The molecule has 0 saturated heterocycles. The number of carbonyl (C=O) groups is 18. The van der Waals surface area contributed by atoms with E-state index in [0.717, 1.165) is 0 Å². The number of H-pyrrole nitrogens is 3. The lowest BCUT2D eigenvalue weighted by Crippen LogP contribution is -2.55. The van der Waals surface area contributed by atoms with E-state index < -0.39 is 174 Å². The topological polar surface area (TPSA) is 655 Å². The number of thiol groups is 3. The zero-order valence-corrected chi connectivity index (χ0v) is 66.1. The van der Waals surface area contributed by atoms with Crippen molar-refractivity contribution >= 4 is 145 Å². The first kappa shape index (κ1) is 98.9. The predicted octanol–water partition coefficient (Wildman–Crippen LogP) is -9.09. The molecule has 1 unspecified atom stereocenters. The molecule has 46 heteroatoms. The summed E-state index contributed by atoms with van der Waals surface area (Å²) in [7, 11) is 0. The number of aldehydes is 3. The number of nitrogens with one attached hydrogen (secondary N) is 18. The summed E-state index contributed by atoms with van der Waals surface area (Å²) in [6, 6.07) is -12.1. The van der Waals surface area contributed by atoms with Crippen LogP contribution in [0.3, 0.4) is 0 Å². The van der Waals surface area contributed by atoms with Crippen molar-refractivity contribution in [2.45, 2.75) is 157 Å². The second kappa shape index (κ2) is 57.7. The van der Waals surface area contributed by atoms with Gasteiger partial charge in [0.05, 0.1) is 106 Å². The minimum absolute atomic E-state index is 0.0137. The van der Waals surface area contributed by atoms with Gasteiger partial charge in [0.2, 0.25) is 64.2 Å². The number of ketones is 7. The van der Waals surface area contributed by atoms with Gasteiger partial charge in [-0.2, -0.15) is 37.9 Å². The summed E-state index contributed by atoms with van der Waals surface area (Å²) in [5, 5.41) is 28.1. The smallest absolute Gasteiger partial charge is 0.315 e. The fourth-order valence-electron chi connectivity index (χ4n) is 10.8. The largest absolute Gasteiger partial charge is 0.348 e. The highest BCUT2D eigenvalue weighted by molar-refractivity contribution is 7.80. The fraction of sp³-hybridized carbons (Fsp3) is 0.603. The lowest BCUT2D eigenvalue weighted by atomic mass is 10.0. The number of aromatic amines is 3. The molecule has 0 fully saturated rings. The molecule has 0 aliphatic heterocycles. The van der Waals surface area contributed by atoms with Gasteiger partial charge >= 0.3 is 6.03 Å². The minimum Gasteiger partial charge on any atom is -0.348 e. The zero-order chi connectivity index (χ0) is 84.2. The summed E-state index contributed by atoms with van der Waals surface area (Å²) in [4.78, 5) is 257. The van der Waals surface area contributed by atoms with Gasteiger partial charge in [-0.25, -0.2) is 30.6 Å². The Bertz CT molecular complexity index is 3550. The number of imide groups is 1. The Kier molecular flexibility index (Phi) is 50.0. The lowest BCUT2D eigenvalue weighted by molar-refractivity contribution is -0.140. The number of unbranched alkanes of at least 4 members (excludes halogenated alkanes) is 3. The molecule has 3 aromatic heterocycles. The van der Waals surface area contributed by atoms with Crippen molar-refractivity contribution in [2.24, 2.45) is 17.2 Å². The van der Waals surface area contributed by atoms with Crippen LogP contribution in [0.1, 0.15) is 94.6 Å². The van der Waals surface area contributed by atoms with Gasteiger partial charge < -0.3 is 73.1 Å². The highest BCUT2D eigenvalue weighted by atomic mass is 32.1. The van der Waals surface area contributed by atoms with E-state index in [1.54, 1.807) is 11.8 Å². The summed E-state index contributed by atoms with van der Waals surface area (Å²) in [5.41, 5.74) is 28.7. The van der Waals surface area contributed by atoms with Crippen LogP contribution in [0.25, 0.3) is 0 Å². The molecule has 3 heterocycles. The van der Waals surface area contributed by atoms with Gasteiger partial charge in [-0.15, -0.1) is 0 Å². The second-order valence-corrected chi connectivity index (χ2v) is 27.1. The molecule has 10 atom stereocenters. The molecule has 0 radical (unpaired) electrons. The quantitative estimate of drug-likeness (QED) is 0.00623. The molecule has 0 aliphatic rings. The molecule has 24 N–H and O–H groups in total. The van der Waals surface area contributed by atoms with Gasteiger partial charge in [0.25, 0.3) is 11.8 Å². The third-order valence-electron chi connectivity index (χ3n) is 17.3. The van der Waals surface area contributed by atoms with Crippen molar-refractivity contribution in [1.82, 2.24) is 115 Å². The van der Waals surface area contributed by atoms with Crippen LogP contribution in [-0.4, -0.2) is 304 Å². The van der Waals surface area contributed by atoms with Crippen LogP contribution in [0.15, 0.2) is 37.6 Å². The SMILES string of the molecule is CCC(CNC(=O)C(=O)[C@H](CS)NCC(=O)C(=O)[C@H](CCCCN)NNC(=O)CN[C@H](C=O)Cc1cnc[nH]1)N(CCNC(=O)N[C@@H](CS)C(=O)CC(=O)N[C@@H](CCCCN)C(=O)NC(=O)CN[C@H](C=O)Cc1cnc[nH]1)CCNC(=O)C(=O)[C@H](CS)NCC(=O)C(=O)[C@H](CCCCN)NNC(=O)CN[C@H](C=O)Cc1cnc[nH]1. The number of amides is 9. The van der Waals surface area contributed by atoms with E-state index in [4.69, 9.17) is 17.2 Å². The van der Waals surface area contributed by atoms with Gasteiger partial charge in [-0.05, 0) is 71.0 Å². The van der Waals surface area contributed by atoms with Crippen LogP contribution in [-0.2, 0) is 101 Å². The first-order valence-electron chi connectivity index (χ1n) is 37.0. The Labute approximate surface area is 674 Å². The molecule has 43 nitrogen and oxygen atoms in total. The maximum atomic E-state index is 13.7. The molecular formula is C68H109N25O18S3. The molecule has 0 bridgehead atoms. The fourth-order valence-corrected chi connectivity index (χ4v) is 11.7. The van der Waals surface area contributed by atoms with E-state index in [1.807, 2.05) is 0 Å². The summed E-state index contributed by atoms with van der Waals surface area (Å²) < 4.78 is 0. The van der Waals surface area contributed by atoms with Gasteiger partial charge in [0.1, 0.15) is 24.9 Å². The highest BCUT2D eigenvalue weighted by Gasteiger charge is 2.33. The van der Waals surface area contributed by atoms with Gasteiger partial charge in [0.15, 0.2) is 5.78 Å². The Hall–Kier alpha value is -9.30. The van der Waals surface area contributed by atoms with E-state index in [1.165, 1.54) is 37.6 Å². The monoisotopic (exact) mass is 1660 g/mol. The number of nitrogens with two attached hydrogens (primary N) is 3. The molecule has 632 valence electrons. The average molecular weight is 1660 g/mol. The Morgan fingerprint density at radius 2 is 0.868 bits per heavy atom. The van der Waals surface area contributed by atoms with Crippen LogP contribution in [0.4, 0.5) is 4.79 Å². The normalized spacial score (nSPS) is 13.8. The summed E-state index contributed by atoms with van der Waals surface area (Å²) in [6.07, 6.45) is 13.0. The number of Topliss-reactive ketones (excluding diaryl/α,β-unsaturated/α-hetero) is 7. The zero-order valence-electron chi connectivity index (χ0n) is 63.4. The van der Waals surface area contributed by atoms with E-state index >= 15 is 0 Å². The molecule has 0 aromatic carbocycles. The number of hydrogen-bond donors (Lipinski definition) is 24. The van der Waals surface area contributed by atoms with E-state index in [-0.39, 0.29) is 128 Å². The van der Waals surface area contributed by atoms with E-state index in [9.17, 15) is 86.3 Å². The molecule has 3 rings (SSSR count). The molecule has 0 spiro atoms. The maximum Gasteiger partial charge on any atom is 0.315 e. The first-order valence-corrected chi connectivity index (χ1v) is 38.9. The van der Waals surface area contributed by atoms with Crippen molar-refractivity contribution in [3.63, 3.8) is 0 Å². The highest BCUT2D eigenvalue weighted by Crippen LogP contribution is 2.09. The number of hydrazine groups is 2. The van der Waals surface area contributed by atoms with Crippen molar-refractivity contribution in [1.29, 1.82) is 0 Å². The number of hydrogen-bond acceptors (Lipinski definition) is 35. The Morgan fingerprint density at radius 3 is 1.25 bits per heavy atom. The number of nitrogens with zero attached hydrogens (tertiary/aromatic N) is 4. The number of aromatic nitrogens is 6. The number of rotatable bonds is 67. The van der Waals surface area contributed by atoms with Gasteiger partial charge in [0, 0.05) is 111 Å². The van der Waals surface area contributed by atoms with Gasteiger partial charge in [-0.3, -0.25) is 115 Å². The standard InChI is InChI=1S/C68H109N25O18S3/c1-2-47(26-82-67(110)64(107)53(37-114)81-28-56(99)62(105)49(10-4-7-13-70)90-92-60(103)31-79-46(34-96)21-43-25-74-40-85-43)93(17-15-75-66(109)63(106)52(36-113)80-27-55(98)61(104)48(9-3-6-12-69)89-91-59(102)30-78-45(33-95)20-42-24-73-39-84-42)18-16-76-68(111)87-51(35-112)54(97)22-57(100)86-50(11-5-8-14-71)65(108)88-58(101)29-77-44(32-94)19-41-23-72-38-83-41/h23-25,32-34,38-40,44-53,77-81,89-90,112-114H,2-22,26-31,35-37,69-71H2,1H3,(H,72,83)(H,73,84)(H,74,85)(H,75,109)(H,82,110)(H,86,100)(H,91,102)(H,92,103)(H2,76,87,111)(H,88,101,108)/t44-,45-,46-,47?,48-,49-,50-,51-,52-,53-/m0/s1. The van der Waals surface area contributed by atoms with Crippen molar-refractivity contribution in [3.05, 3.63) is 54.7 Å². The molecule has 0 aliphatic carbocycles. The molecule has 0 saturated carbocycles. The molecule has 9 amide bonds. The third kappa shape index (κ3) is 39.2. The van der Waals surface area contributed by atoms with Crippen LogP contribution >= 0.6 is 37.9 Å². The van der Waals surface area contributed by atoms with Crippen LogP contribution in [0.2, 0.25) is 0 Å². The summed E-state index contributed by atoms with van der Waals surface area (Å²) >= 11 is 12.6. The number of carbonyl (C=O) groups excluding carboxylic acids is 18. The average Bonchev–Trinajstić information content (AvgIpc) is 1.14. The van der Waals surface area contributed by atoms with Crippen LogP contribution in [0.5, 0.6) is 0 Å². The van der Waals surface area contributed by atoms with Gasteiger partial charge in [-0.1, -0.05) is 19.8 Å². The Morgan fingerprint density at radius 1 is 0.465 bits per heavy atom. The first-order chi connectivity index (χ1) is 54.8. The van der Waals surface area contributed by atoms with Crippen molar-refractivity contribution < 1.29 is 86.3 Å². The summed E-state index contributed by atoms with van der Waals surface area (Å²) in [6.45, 7) is -1.26. The number of urea groups is 1. The molecular weight excluding hydrogens is 1550 g/mol. The predicted molar refractivity (Wildman–Crippen MR) is 421 cm³/mol.